The first-order valence-corrected chi connectivity index (χ1v) is 8.15. The SMILES string of the molecule is CC(C)C1(C)[C@H]2CCCC[C@@H]2[C@H]2CCCC[C@@H]21. The van der Waals surface area contributed by atoms with E-state index in [9.17, 15) is 0 Å². The maximum Gasteiger partial charge on any atom is -0.0241 e. The Kier molecular flexibility index (Phi) is 3.04. The Morgan fingerprint density at radius 2 is 1.18 bits per heavy atom. The molecule has 0 amide bonds. The highest BCUT2D eigenvalue weighted by Crippen LogP contribution is 2.65. The molecule has 0 N–H and O–H groups in total. The fraction of sp³-hybridized carbons (Fsp3) is 1.00. The zero-order valence-electron chi connectivity index (χ0n) is 12.0. The summed E-state index contributed by atoms with van der Waals surface area (Å²) in [5.41, 5.74) is 0.677. The average molecular weight is 234 g/mol. The molecule has 3 aliphatic carbocycles. The zero-order chi connectivity index (χ0) is 12.0. The summed E-state index contributed by atoms with van der Waals surface area (Å²) in [6.07, 6.45) is 12.3. The molecule has 3 saturated carbocycles. The summed E-state index contributed by atoms with van der Waals surface area (Å²) in [5.74, 6) is 5.26. The van der Waals surface area contributed by atoms with Gasteiger partial charge in [-0.3, -0.25) is 0 Å². The third-order valence-corrected chi connectivity index (χ3v) is 7.03. The van der Waals surface area contributed by atoms with Crippen LogP contribution in [0.15, 0.2) is 0 Å². The highest BCUT2D eigenvalue weighted by molar-refractivity contribution is 5.06. The number of hydrogen-bond donors (Lipinski definition) is 0. The van der Waals surface area contributed by atoms with Gasteiger partial charge in [-0.25, -0.2) is 0 Å². The van der Waals surface area contributed by atoms with Crippen LogP contribution in [0.3, 0.4) is 0 Å². The molecule has 0 radical (unpaired) electrons. The standard InChI is InChI=1S/C17H30/c1-12(2)17(3)15-10-6-4-8-13(15)14-9-5-7-11-16(14)17/h12-16H,4-11H2,1-3H3/t13-,14-,15+,16+/m1/s1. The quantitative estimate of drug-likeness (QED) is 0.579. The molecule has 3 aliphatic rings. The zero-order valence-corrected chi connectivity index (χ0v) is 12.0. The van der Waals surface area contributed by atoms with Gasteiger partial charge < -0.3 is 0 Å². The molecule has 3 fully saturated rings. The Balaban J connectivity index is 1.95. The van der Waals surface area contributed by atoms with E-state index in [2.05, 4.69) is 20.8 Å². The summed E-state index contributed by atoms with van der Waals surface area (Å²) >= 11 is 0. The van der Waals surface area contributed by atoms with Gasteiger partial charge in [-0.2, -0.15) is 0 Å². The van der Waals surface area contributed by atoms with E-state index in [1.165, 1.54) is 25.7 Å². The van der Waals surface area contributed by atoms with Gasteiger partial charge >= 0.3 is 0 Å². The van der Waals surface area contributed by atoms with Gasteiger partial charge in [0.2, 0.25) is 0 Å². The van der Waals surface area contributed by atoms with E-state index in [1.807, 2.05) is 0 Å². The monoisotopic (exact) mass is 234 g/mol. The molecule has 4 atom stereocenters. The minimum Gasteiger partial charge on any atom is -0.0622 e. The van der Waals surface area contributed by atoms with Crippen molar-refractivity contribution in [2.75, 3.05) is 0 Å². The van der Waals surface area contributed by atoms with Gasteiger partial charge in [0, 0.05) is 0 Å². The first-order chi connectivity index (χ1) is 8.15. The summed E-state index contributed by atoms with van der Waals surface area (Å²) in [7, 11) is 0. The van der Waals surface area contributed by atoms with Crippen LogP contribution in [0.4, 0.5) is 0 Å². The van der Waals surface area contributed by atoms with E-state index >= 15 is 0 Å². The van der Waals surface area contributed by atoms with Crippen molar-refractivity contribution in [2.24, 2.45) is 35.0 Å². The lowest BCUT2D eigenvalue weighted by Gasteiger charge is -2.44. The first kappa shape index (κ1) is 12.1. The minimum atomic E-state index is 0.677. The van der Waals surface area contributed by atoms with Crippen molar-refractivity contribution in [1.29, 1.82) is 0 Å². The van der Waals surface area contributed by atoms with E-state index < -0.39 is 0 Å². The van der Waals surface area contributed by atoms with Crippen molar-refractivity contribution >= 4 is 0 Å². The van der Waals surface area contributed by atoms with E-state index in [4.69, 9.17) is 0 Å². The van der Waals surface area contributed by atoms with Crippen LogP contribution in [0, 0.1) is 35.0 Å². The van der Waals surface area contributed by atoms with Crippen LogP contribution in [-0.4, -0.2) is 0 Å². The Bertz CT molecular complexity index is 256. The lowest BCUT2D eigenvalue weighted by atomic mass is 9.61. The van der Waals surface area contributed by atoms with Crippen molar-refractivity contribution < 1.29 is 0 Å². The molecule has 0 aromatic heterocycles. The van der Waals surface area contributed by atoms with Gasteiger partial charge in [0.1, 0.15) is 0 Å². The summed E-state index contributed by atoms with van der Waals surface area (Å²) < 4.78 is 0. The maximum absolute atomic E-state index is 2.66. The van der Waals surface area contributed by atoms with Crippen LogP contribution in [0.25, 0.3) is 0 Å². The lowest BCUT2D eigenvalue weighted by molar-refractivity contribution is 0.0478. The van der Waals surface area contributed by atoms with E-state index in [0.717, 1.165) is 29.6 Å². The molecule has 0 aromatic carbocycles. The second-order valence-corrected chi connectivity index (χ2v) is 7.63. The molecule has 0 heteroatoms. The molecule has 0 heterocycles. The van der Waals surface area contributed by atoms with Crippen LogP contribution < -0.4 is 0 Å². The van der Waals surface area contributed by atoms with Crippen LogP contribution in [0.5, 0.6) is 0 Å². The third kappa shape index (κ3) is 1.62. The number of fused-ring (bicyclic) bond motifs is 3. The first-order valence-electron chi connectivity index (χ1n) is 8.15. The normalized spacial score (nSPS) is 44.5. The molecule has 98 valence electrons. The van der Waals surface area contributed by atoms with Crippen molar-refractivity contribution in [3.05, 3.63) is 0 Å². The minimum absolute atomic E-state index is 0.677. The smallest absolute Gasteiger partial charge is 0.0241 e. The molecule has 0 unspecified atom stereocenters. The van der Waals surface area contributed by atoms with Gasteiger partial charge in [-0.15, -0.1) is 0 Å². The highest BCUT2D eigenvalue weighted by Gasteiger charge is 2.58. The number of rotatable bonds is 1. The fourth-order valence-corrected chi connectivity index (χ4v) is 6.02. The van der Waals surface area contributed by atoms with Gasteiger partial charge in [-0.1, -0.05) is 46.5 Å². The molecule has 0 saturated heterocycles. The summed E-state index contributed by atoms with van der Waals surface area (Å²) in [6.45, 7) is 7.67. The van der Waals surface area contributed by atoms with Gasteiger partial charge in [0.25, 0.3) is 0 Å². The van der Waals surface area contributed by atoms with E-state index in [-0.39, 0.29) is 0 Å². The average Bonchev–Trinajstić information content (AvgIpc) is 2.63. The Hall–Kier alpha value is 0. The fourth-order valence-electron chi connectivity index (χ4n) is 6.02. The van der Waals surface area contributed by atoms with Crippen LogP contribution in [0.1, 0.15) is 72.1 Å². The molecule has 17 heavy (non-hydrogen) atoms. The van der Waals surface area contributed by atoms with Crippen molar-refractivity contribution in [2.45, 2.75) is 72.1 Å². The van der Waals surface area contributed by atoms with Gasteiger partial charge in [0.15, 0.2) is 0 Å². The van der Waals surface area contributed by atoms with Crippen molar-refractivity contribution in [3.8, 4) is 0 Å². The van der Waals surface area contributed by atoms with Crippen molar-refractivity contribution in [1.82, 2.24) is 0 Å². The molecule has 0 aromatic rings. The Morgan fingerprint density at radius 3 is 1.59 bits per heavy atom. The molecule has 0 nitrogen and oxygen atoms in total. The topological polar surface area (TPSA) is 0 Å². The Morgan fingerprint density at radius 1 is 0.765 bits per heavy atom. The number of hydrogen-bond acceptors (Lipinski definition) is 0. The largest absolute Gasteiger partial charge is 0.0622 e. The van der Waals surface area contributed by atoms with Crippen LogP contribution in [0.2, 0.25) is 0 Å². The van der Waals surface area contributed by atoms with E-state index in [1.54, 1.807) is 25.7 Å². The molecule has 3 rings (SSSR count). The predicted octanol–water partition coefficient (Wildman–Crippen LogP) is 5.28. The van der Waals surface area contributed by atoms with Gasteiger partial charge in [0.05, 0.1) is 0 Å². The van der Waals surface area contributed by atoms with Crippen LogP contribution in [-0.2, 0) is 0 Å². The highest BCUT2D eigenvalue weighted by atomic mass is 14.6. The second-order valence-electron chi connectivity index (χ2n) is 7.63. The Labute approximate surface area is 108 Å². The third-order valence-electron chi connectivity index (χ3n) is 7.03. The molecular formula is C17H30. The van der Waals surface area contributed by atoms with Crippen molar-refractivity contribution in [3.63, 3.8) is 0 Å². The van der Waals surface area contributed by atoms with E-state index in [0.29, 0.717) is 5.41 Å². The molecular weight excluding hydrogens is 204 g/mol. The maximum atomic E-state index is 2.66. The summed E-state index contributed by atoms with van der Waals surface area (Å²) in [5, 5.41) is 0. The summed E-state index contributed by atoms with van der Waals surface area (Å²) in [6, 6.07) is 0. The molecule has 0 aliphatic heterocycles. The van der Waals surface area contributed by atoms with Crippen LogP contribution >= 0.6 is 0 Å². The lowest BCUT2D eigenvalue weighted by Crippen LogP contribution is -2.37. The van der Waals surface area contributed by atoms with Gasteiger partial charge in [-0.05, 0) is 60.7 Å². The second kappa shape index (κ2) is 4.28. The summed E-state index contributed by atoms with van der Waals surface area (Å²) in [4.78, 5) is 0. The molecule has 0 spiro atoms. The molecule has 0 bridgehead atoms. The predicted molar refractivity (Wildman–Crippen MR) is 73.8 cm³/mol.